The summed E-state index contributed by atoms with van der Waals surface area (Å²) in [7, 11) is 0. The Morgan fingerprint density at radius 2 is 1.79 bits per heavy atom. The highest BCUT2D eigenvalue weighted by Crippen LogP contribution is 2.29. The van der Waals surface area contributed by atoms with Crippen LogP contribution in [-0.2, 0) is 0 Å². The standard InChI is InChI=1S/C16H34N2S/c1-12(2)13-9-17-14(15(3,4)5)10-18(13)11-16(6,7)19-8/h12-14,17H,9-11H2,1-8H3. The van der Waals surface area contributed by atoms with E-state index in [1.807, 2.05) is 11.8 Å². The van der Waals surface area contributed by atoms with Gasteiger partial charge in [-0.1, -0.05) is 34.6 Å². The number of thioether (sulfide) groups is 1. The minimum Gasteiger partial charge on any atom is -0.311 e. The summed E-state index contributed by atoms with van der Waals surface area (Å²) < 4.78 is 0.340. The fraction of sp³-hybridized carbons (Fsp3) is 1.00. The molecule has 0 bridgehead atoms. The third-order valence-electron chi connectivity index (χ3n) is 4.41. The van der Waals surface area contributed by atoms with Gasteiger partial charge in [-0.15, -0.1) is 0 Å². The van der Waals surface area contributed by atoms with Crippen molar-refractivity contribution in [2.45, 2.75) is 65.3 Å². The maximum absolute atomic E-state index is 3.78. The lowest BCUT2D eigenvalue weighted by Crippen LogP contribution is -2.63. The van der Waals surface area contributed by atoms with Crippen LogP contribution in [0.3, 0.4) is 0 Å². The summed E-state index contributed by atoms with van der Waals surface area (Å²) in [5.74, 6) is 0.714. The van der Waals surface area contributed by atoms with Gasteiger partial charge < -0.3 is 5.32 Å². The first-order chi connectivity index (χ1) is 8.57. The van der Waals surface area contributed by atoms with E-state index in [4.69, 9.17) is 0 Å². The van der Waals surface area contributed by atoms with Gasteiger partial charge in [0.15, 0.2) is 0 Å². The van der Waals surface area contributed by atoms with Crippen molar-refractivity contribution < 1.29 is 0 Å². The molecule has 0 spiro atoms. The van der Waals surface area contributed by atoms with Gasteiger partial charge in [-0.3, -0.25) is 4.90 Å². The fourth-order valence-corrected chi connectivity index (χ4v) is 3.09. The summed E-state index contributed by atoms with van der Waals surface area (Å²) in [5, 5.41) is 3.78. The van der Waals surface area contributed by atoms with Gasteiger partial charge in [0.25, 0.3) is 0 Å². The molecule has 0 saturated carbocycles. The van der Waals surface area contributed by atoms with Crippen LogP contribution < -0.4 is 5.32 Å². The van der Waals surface area contributed by atoms with Gasteiger partial charge in [-0.25, -0.2) is 0 Å². The monoisotopic (exact) mass is 286 g/mol. The Hall–Kier alpha value is 0.270. The molecule has 0 aromatic heterocycles. The zero-order valence-electron chi connectivity index (χ0n) is 14.2. The number of hydrogen-bond donors (Lipinski definition) is 1. The van der Waals surface area contributed by atoms with E-state index in [2.05, 4.69) is 64.9 Å². The molecule has 2 nitrogen and oxygen atoms in total. The maximum Gasteiger partial charge on any atom is 0.0244 e. The van der Waals surface area contributed by atoms with Crippen molar-refractivity contribution in [3.63, 3.8) is 0 Å². The van der Waals surface area contributed by atoms with Gasteiger partial charge in [0.05, 0.1) is 0 Å². The van der Waals surface area contributed by atoms with E-state index in [1.54, 1.807) is 0 Å². The first kappa shape index (κ1) is 17.3. The molecule has 19 heavy (non-hydrogen) atoms. The Labute approximate surface area is 125 Å². The Balaban J connectivity index is 2.79. The van der Waals surface area contributed by atoms with Crippen molar-refractivity contribution in [3.8, 4) is 0 Å². The van der Waals surface area contributed by atoms with E-state index in [1.165, 1.54) is 13.1 Å². The lowest BCUT2D eigenvalue weighted by molar-refractivity contribution is 0.0581. The normalized spacial score (nSPS) is 27.0. The average Bonchev–Trinajstić information content (AvgIpc) is 2.27. The predicted octanol–water partition coefficient (Wildman–Crippen LogP) is 3.47. The molecule has 1 rings (SSSR count). The molecule has 0 aromatic rings. The SMILES string of the molecule is CSC(C)(C)CN1CC(C(C)(C)C)NCC1C(C)C. The van der Waals surface area contributed by atoms with Gasteiger partial charge in [0, 0.05) is 36.5 Å². The topological polar surface area (TPSA) is 15.3 Å². The van der Waals surface area contributed by atoms with Crippen LogP contribution in [0.15, 0.2) is 0 Å². The van der Waals surface area contributed by atoms with Crippen LogP contribution in [0.25, 0.3) is 0 Å². The Morgan fingerprint density at radius 3 is 2.21 bits per heavy atom. The lowest BCUT2D eigenvalue weighted by Gasteiger charge is -2.48. The van der Waals surface area contributed by atoms with Crippen LogP contribution in [0.5, 0.6) is 0 Å². The molecule has 1 saturated heterocycles. The van der Waals surface area contributed by atoms with E-state index >= 15 is 0 Å². The molecule has 0 amide bonds. The van der Waals surface area contributed by atoms with Crippen LogP contribution in [0.4, 0.5) is 0 Å². The highest BCUT2D eigenvalue weighted by atomic mass is 32.2. The van der Waals surface area contributed by atoms with Crippen molar-refractivity contribution in [3.05, 3.63) is 0 Å². The van der Waals surface area contributed by atoms with E-state index in [0.29, 0.717) is 28.2 Å². The van der Waals surface area contributed by atoms with Crippen LogP contribution in [0.2, 0.25) is 0 Å². The molecule has 1 aliphatic rings. The summed E-state index contributed by atoms with van der Waals surface area (Å²) in [5.41, 5.74) is 0.337. The minimum absolute atomic E-state index is 0.337. The predicted molar refractivity (Wildman–Crippen MR) is 89.0 cm³/mol. The number of rotatable bonds is 4. The van der Waals surface area contributed by atoms with Crippen molar-refractivity contribution in [2.24, 2.45) is 11.3 Å². The highest BCUT2D eigenvalue weighted by molar-refractivity contribution is 7.99. The van der Waals surface area contributed by atoms with E-state index in [9.17, 15) is 0 Å². The van der Waals surface area contributed by atoms with E-state index in [0.717, 1.165) is 6.54 Å². The molecule has 1 aliphatic heterocycles. The fourth-order valence-electron chi connectivity index (χ4n) is 2.80. The molecular weight excluding hydrogens is 252 g/mol. The zero-order chi connectivity index (χ0) is 14.8. The lowest BCUT2D eigenvalue weighted by atomic mass is 9.83. The van der Waals surface area contributed by atoms with Crippen molar-refractivity contribution >= 4 is 11.8 Å². The van der Waals surface area contributed by atoms with Gasteiger partial charge >= 0.3 is 0 Å². The number of piperazine rings is 1. The smallest absolute Gasteiger partial charge is 0.0244 e. The zero-order valence-corrected chi connectivity index (χ0v) is 15.0. The number of nitrogens with zero attached hydrogens (tertiary/aromatic N) is 1. The molecule has 2 unspecified atom stereocenters. The van der Waals surface area contributed by atoms with Gasteiger partial charge in [-0.2, -0.15) is 11.8 Å². The number of nitrogens with one attached hydrogen (secondary N) is 1. The molecule has 114 valence electrons. The molecule has 0 aliphatic carbocycles. The van der Waals surface area contributed by atoms with Gasteiger partial charge in [0.1, 0.15) is 0 Å². The Kier molecular flexibility index (Phi) is 5.80. The summed E-state index contributed by atoms with van der Waals surface area (Å²) in [6, 6.07) is 1.27. The largest absolute Gasteiger partial charge is 0.311 e. The molecule has 1 N–H and O–H groups in total. The Bertz CT molecular complexity index is 281. The van der Waals surface area contributed by atoms with Crippen molar-refractivity contribution in [1.82, 2.24) is 10.2 Å². The summed E-state index contributed by atoms with van der Waals surface area (Å²) in [6.07, 6.45) is 2.23. The third-order valence-corrected chi connectivity index (χ3v) is 5.65. The molecule has 3 heteroatoms. The van der Waals surface area contributed by atoms with E-state index < -0.39 is 0 Å². The quantitative estimate of drug-likeness (QED) is 0.852. The van der Waals surface area contributed by atoms with Crippen LogP contribution in [0.1, 0.15) is 48.5 Å². The first-order valence-corrected chi connectivity index (χ1v) is 8.82. The van der Waals surface area contributed by atoms with Crippen molar-refractivity contribution in [2.75, 3.05) is 25.9 Å². The molecule has 2 atom stereocenters. The molecule has 0 radical (unpaired) electrons. The second-order valence-electron chi connectivity index (χ2n) is 8.03. The second kappa shape index (κ2) is 6.36. The molecule has 1 fully saturated rings. The van der Waals surface area contributed by atoms with Crippen molar-refractivity contribution in [1.29, 1.82) is 0 Å². The molecular formula is C16H34N2S. The van der Waals surface area contributed by atoms with Gasteiger partial charge in [0.2, 0.25) is 0 Å². The first-order valence-electron chi connectivity index (χ1n) is 7.59. The second-order valence-corrected chi connectivity index (χ2v) is 9.54. The van der Waals surface area contributed by atoms with Crippen LogP contribution in [-0.4, -0.2) is 47.6 Å². The minimum atomic E-state index is 0.337. The average molecular weight is 287 g/mol. The molecule has 0 aromatic carbocycles. The third kappa shape index (κ3) is 4.95. The van der Waals surface area contributed by atoms with E-state index in [-0.39, 0.29) is 0 Å². The summed E-state index contributed by atoms with van der Waals surface area (Å²) in [4.78, 5) is 2.73. The van der Waals surface area contributed by atoms with Gasteiger partial charge in [-0.05, 0) is 31.4 Å². The summed E-state index contributed by atoms with van der Waals surface area (Å²) >= 11 is 1.98. The molecule has 1 heterocycles. The van der Waals surface area contributed by atoms with Crippen LogP contribution in [0, 0.1) is 11.3 Å². The highest BCUT2D eigenvalue weighted by Gasteiger charge is 2.37. The number of hydrogen-bond acceptors (Lipinski definition) is 3. The van der Waals surface area contributed by atoms with Crippen LogP contribution >= 0.6 is 11.8 Å². The summed E-state index contributed by atoms with van der Waals surface area (Å²) in [6.45, 7) is 20.0. The Morgan fingerprint density at radius 1 is 1.21 bits per heavy atom. The maximum atomic E-state index is 3.78.